The SMILES string of the molecule is Cc1ccc(-c2cccc(-c3ccccc3)c2)cc1.Cc1ccc(-c2ccccc2)c(-c2ccccc2)c1.Cc1cccc(-c2cccc(-c3ccccc3)c2)c1.Cc1cccc(-c2ccccc2)c1-c1ccccc1.Cc1cccc(-c2ccccc2-c2ccccc2)c1.Cc1ccccc1-c1cccc(-c2ccccc2)c1.Cc1ccccc1-c1ccccc1-c1ccccc1. The van der Waals surface area contributed by atoms with Crippen molar-refractivity contribution < 1.29 is 0 Å². The maximum Gasteiger partial charge on any atom is -0.00761 e. The van der Waals surface area contributed by atoms with Crippen LogP contribution < -0.4 is 0 Å². The highest BCUT2D eigenvalue weighted by Crippen LogP contribution is 2.40. The minimum absolute atomic E-state index is 1.26. The van der Waals surface area contributed by atoms with E-state index in [0.29, 0.717) is 0 Å². The number of rotatable bonds is 14. The quantitative estimate of drug-likeness (QED) is 0.102. The van der Waals surface area contributed by atoms with Crippen LogP contribution in [0.15, 0.2) is 552 Å². The minimum atomic E-state index is 1.26. The summed E-state index contributed by atoms with van der Waals surface area (Å²) in [4.78, 5) is 0. The second kappa shape index (κ2) is 47.1. The predicted molar refractivity (Wildman–Crippen MR) is 574 cm³/mol. The van der Waals surface area contributed by atoms with Gasteiger partial charge < -0.3 is 0 Å². The Morgan fingerprint density at radius 2 is 0.308 bits per heavy atom. The molecule has 0 heterocycles. The molecular weight excluding hydrogens is 1600 g/mol. The molecular formula is C133H112. The first kappa shape index (κ1) is 91.4. The summed E-state index contributed by atoms with van der Waals surface area (Å²) < 4.78 is 0. The summed E-state index contributed by atoms with van der Waals surface area (Å²) in [6, 6.07) is 194. The van der Waals surface area contributed by atoms with Crippen molar-refractivity contribution in [3.8, 4) is 156 Å². The lowest BCUT2D eigenvalue weighted by molar-refractivity contribution is 1.45. The number of aryl methyl sites for hydroxylation is 7. The number of benzene rings is 21. The van der Waals surface area contributed by atoms with Crippen LogP contribution in [-0.4, -0.2) is 0 Å². The average Bonchev–Trinajstić information content (AvgIpc) is 0.833. The molecule has 0 aliphatic heterocycles. The van der Waals surface area contributed by atoms with Crippen LogP contribution in [-0.2, 0) is 0 Å². The lowest BCUT2D eigenvalue weighted by Crippen LogP contribution is -1.88. The van der Waals surface area contributed by atoms with Crippen LogP contribution in [0.5, 0.6) is 0 Å². The van der Waals surface area contributed by atoms with Crippen molar-refractivity contribution in [2.45, 2.75) is 48.5 Å². The van der Waals surface area contributed by atoms with Gasteiger partial charge in [0.2, 0.25) is 0 Å². The molecule has 21 aromatic rings. The van der Waals surface area contributed by atoms with Gasteiger partial charge in [0.25, 0.3) is 0 Å². The second-order valence-electron chi connectivity index (χ2n) is 33.4. The Balaban J connectivity index is 0.000000118. The molecule has 0 aliphatic rings. The van der Waals surface area contributed by atoms with Crippen LogP contribution in [0.2, 0.25) is 0 Å². The Labute approximate surface area is 789 Å². The van der Waals surface area contributed by atoms with Gasteiger partial charge in [-0.1, -0.05) is 556 Å². The van der Waals surface area contributed by atoms with Crippen LogP contribution in [0.1, 0.15) is 38.9 Å². The number of hydrogen-bond donors (Lipinski definition) is 0. The molecule has 0 N–H and O–H groups in total. The normalized spacial score (nSPS) is 10.4. The van der Waals surface area contributed by atoms with Gasteiger partial charge >= 0.3 is 0 Å². The second-order valence-corrected chi connectivity index (χ2v) is 33.4. The van der Waals surface area contributed by atoms with E-state index in [4.69, 9.17) is 0 Å². The van der Waals surface area contributed by atoms with Gasteiger partial charge in [0.05, 0.1) is 0 Å². The Morgan fingerprint density at radius 3 is 0.707 bits per heavy atom. The number of hydrogen-bond acceptors (Lipinski definition) is 0. The molecule has 133 heavy (non-hydrogen) atoms. The fourth-order valence-corrected chi connectivity index (χ4v) is 16.8. The largest absolute Gasteiger partial charge is 0.0622 e. The molecule has 0 aromatic heterocycles. The van der Waals surface area contributed by atoms with Crippen molar-refractivity contribution in [1.82, 2.24) is 0 Å². The standard InChI is InChI=1S/7C19H16/c1-15-9-8-14-18(16-10-4-2-5-11-16)19(15)17-12-6-3-7-13-17;1-15-12-13-18(16-8-4-2-5-9-16)19(14-15)17-10-6-3-7-11-17;1-15-7-5-10-17(13-15)19-12-6-11-18(14-19)16-8-3-2-4-9-16;1-15-9-5-6-12-17(15)19-14-8-7-13-18(19)16-10-3-2-4-11-16;1-15-8-7-11-17(14-15)19-13-6-5-12-18(19)16-9-3-2-4-10-16;1-15-8-5-6-13-19(15)18-12-7-11-17(14-18)16-9-3-2-4-10-16;1-15-10-12-17(13-11-15)19-9-5-8-18(14-19)16-6-3-2-4-7-16/h7*2-14H,1H3. The molecule has 0 fully saturated rings. The molecule has 21 aromatic carbocycles. The lowest BCUT2D eigenvalue weighted by Gasteiger charge is -2.13. The van der Waals surface area contributed by atoms with Crippen LogP contribution in [0.3, 0.4) is 0 Å². The molecule has 21 rings (SSSR count). The van der Waals surface area contributed by atoms with Crippen molar-refractivity contribution >= 4 is 0 Å². The molecule has 0 bridgehead atoms. The summed E-state index contributed by atoms with van der Waals surface area (Å²) in [5, 5.41) is 0. The Bertz CT molecular complexity index is 7120. The van der Waals surface area contributed by atoms with Crippen LogP contribution in [0.4, 0.5) is 0 Å². The molecule has 0 amide bonds. The van der Waals surface area contributed by atoms with Gasteiger partial charge in [0.15, 0.2) is 0 Å². The fraction of sp³-hybridized carbons (Fsp3) is 0.0526. The third-order valence-electron chi connectivity index (χ3n) is 23.7. The molecule has 0 aliphatic carbocycles. The maximum absolute atomic E-state index is 2.26. The van der Waals surface area contributed by atoms with Gasteiger partial charge in [-0.05, 0) is 239 Å². The van der Waals surface area contributed by atoms with Gasteiger partial charge in [-0.3, -0.25) is 0 Å². The van der Waals surface area contributed by atoms with E-state index in [2.05, 4.69) is 588 Å². The first-order valence-corrected chi connectivity index (χ1v) is 45.9. The van der Waals surface area contributed by atoms with E-state index in [0.717, 1.165) is 0 Å². The smallest absolute Gasteiger partial charge is 0.00761 e. The molecule has 0 unspecified atom stereocenters. The third kappa shape index (κ3) is 25.4. The summed E-state index contributed by atoms with van der Waals surface area (Å²) in [6.45, 7) is 15.0. The molecule has 0 nitrogen and oxygen atoms in total. The first-order valence-electron chi connectivity index (χ1n) is 45.9. The zero-order chi connectivity index (χ0) is 91.6. The van der Waals surface area contributed by atoms with Gasteiger partial charge in [0.1, 0.15) is 0 Å². The highest BCUT2D eigenvalue weighted by molar-refractivity contribution is 5.89. The zero-order valence-corrected chi connectivity index (χ0v) is 77.0. The monoisotopic (exact) mass is 1710 g/mol. The predicted octanol–water partition coefficient (Wildman–Crippen LogP) is 37.3. The van der Waals surface area contributed by atoms with Gasteiger partial charge in [-0.25, -0.2) is 0 Å². The third-order valence-corrected chi connectivity index (χ3v) is 23.7. The first-order chi connectivity index (χ1) is 65.4. The highest BCUT2D eigenvalue weighted by atomic mass is 14.2. The van der Waals surface area contributed by atoms with E-state index in [-0.39, 0.29) is 0 Å². The molecule has 0 spiro atoms. The molecule has 0 saturated carbocycles. The average molecular weight is 1710 g/mol. The van der Waals surface area contributed by atoms with E-state index in [1.807, 2.05) is 12.1 Å². The minimum Gasteiger partial charge on any atom is -0.0622 e. The topological polar surface area (TPSA) is 0 Å². The van der Waals surface area contributed by atoms with Crippen LogP contribution in [0, 0.1) is 48.5 Å². The van der Waals surface area contributed by atoms with Crippen molar-refractivity contribution in [2.24, 2.45) is 0 Å². The summed E-state index contributed by atoms with van der Waals surface area (Å²) in [5.74, 6) is 0. The highest BCUT2D eigenvalue weighted by Gasteiger charge is 2.14. The summed E-state index contributed by atoms with van der Waals surface area (Å²) in [6.07, 6.45) is 0. The Morgan fingerprint density at radius 1 is 0.0902 bits per heavy atom. The van der Waals surface area contributed by atoms with Crippen molar-refractivity contribution in [2.75, 3.05) is 0 Å². The molecule has 644 valence electrons. The van der Waals surface area contributed by atoms with Crippen molar-refractivity contribution in [1.29, 1.82) is 0 Å². The molecule has 0 radical (unpaired) electrons. The molecule has 0 heteroatoms. The summed E-state index contributed by atoms with van der Waals surface area (Å²) in [7, 11) is 0. The molecule has 0 atom stereocenters. The fourth-order valence-electron chi connectivity index (χ4n) is 16.8. The Hall–Kier alpha value is -16.4. The maximum atomic E-state index is 2.26. The summed E-state index contributed by atoms with van der Waals surface area (Å²) >= 11 is 0. The van der Waals surface area contributed by atoms with E-state index in [9.17, 15) is 0 Å². The summed E-state index contributed by atoms with van der Waals surface area (Å²) in [5.41, 5.74) is 44.9. The molecule has 0 saturated heterocycles. The van der Waals surface area contributed by atoms with E-state index >= 15 is 0 Å². The van der Waals surface area contributed by atoms with E-state index < -0.39 is 0 Å². The van der Waals surface area contributed by atoms with Crippen LogP contribution >= 0.6 is 0 Å². The van der Waals surface area contributed by atoms with Crippen LogP contribution in [0.25, 0.3) is 156 Å². The lowest BCUT2D eigenvalue weighted by atomic mass is 9.91. The zero-order valence-electron chi connectivity index (χ0n) is 77.0. The van der Waals surface area contributed by atoms with Crippen molar-refractivity contribution in [3.05, 3.63) is 591 Å². The van der Waals surface area contributed by atoms with Gasteiger partial charge in [-0.15, -0.1) is 0 Å². The van der Waals surface area contributed by atoms with E-state index in [1.54, 1.807) is 0 Å². The van der Waals surface area contributed by atoms with Gasteiger partial charge in [0, 0.05) is 0 Å². The Kier molecular flexibility index (Phi) is 32.3. The van der Waals surface area contributed by atoms with Gasteiger partial charge in [-0.2, -0.15) is 0 Å². The van der Waals surface area contributed by atoms with E-state index in [1.165, 1.54) is 195 Å². The van der Waals surface area contributed by atoms with Crippen molar-refractivity contribution in [3.63, 3.8) is 0 Å².